The molecule has 5 heteroatoms. The van der Waals surface area contributed by atoms with Gasteiger partial charge in [-0.3, -0.25) is 0 Å². The van der Waals surface area contributed by atoms with Crippen LogP contribution in [0.1, 0.15) is 50.8 Å². The Morgan fingerprint density at radius 1 is 1.26 bits per heavy atom. The Balaban J connectivity index is 1.92. The molecular formula is C22H29N3O2. The van der Waals surface area contributed by atoms with Crippen molar-refractivity contribution in [3.05, 3.63) is 29.5 Å². The van der Waals surface area contributed by atoms with E-state index in [1.54, 1.807) is 7.11 Å². The van der Waals surface area contributed by atoms with Gasteiger partial charge in [0.05, 0.1) is 23.6 Å². The number of hydrogen-bond donors (Lipinski definition) is 2. The first-order valence-corrected chi connectivity index (χ1v) is 9.88. The molecule has 5 nitrogen and oxygen atoms in total. The number of nitrogens with zero attached hydrogens (tertiary/aromatic N) is 2. The molecule has 2 heterocycles. The zero-order valence-corrected chi connectivity index (χ0v) is 16.5. The fourth-order valence-electron chi connectivity index (χ4n) is 4.31. The maximum Gasteiger partial charge on any atom is 0.143 e. The lowest BCUT2D eigenvalue weighted by Crippen LogP contribution is -2.19. The molecule has 27 heavy (non-hydrogen) atoms. The highest BCUT2D eigenvalue weighted by Gasteiger charge is 2.22. The van der Waals surface area contributed by atoms with Gasteiger partial charge in [0.2, 0.25) is 0 Å². The largest absolute Gasteiger partial charge is 0.497 e. The molecule has 1 aliphatic rings. The number of nitrogens with two attached hydrogens (primary N) is 1. The smallest absolute Gasteiger partial charge is 0.143 e. The number of benzene rings is 1. The third-order valence-corrected chi connectivity index (χ3v) is 5.69. The van der Waals surface area contributed by atoms with Crippen LogP contribution in [0.25, 0.3) is 21.9 Å². The van der Waals surface area contributed by atoms with Gasteiger partial charge in [-0.2, -0.15) is 0 Å². The summed E-state index contributed by atoms with van der Waals surface area (Å²) in [6.45, 7) is 4.52. The molecule has 0 saturated heterocycles. The van der Waals surface area contributed by atoms with Gasteiger partial charge in [0, 0.05) is 23.3 Å². The predicted octanol–water partition coefficient (Wildman–Crippen LogP) is 4.21. The van der Waals surface area contributed by atoms with E-state index in [9.17, 15) is 5.11 Å². The first kappa shape index (κ1) is 18.1. The van der Waals surface area contributed by atoms with E-state index < -0.39 is 5.60 Å². The van der Waals surface area contributed by atoms with E-state index in [1.165, 1.54) is 18.4 Å². The molecule has 0 saturated carbocycles. The molecule has 0 fully saturated rings. The first-order valence-electron chi connectivity index (χ1n) is 9.88. The van der Waals surface area contributed by atoms with Crippen LogP contribution in [0.15, 0.2) is 18.2 Å². The minimum Gasteiger partial charge on any atom is -0.497 e. The van der Waals surface area contributed by atoms with Gasteiger partial charge >= 0.3 is 0 Å². The van der Waals surface area contributed by atoms with Gasteiger partial charge in [-0.05, 0) is 76.1 Å². The van der Waals surface area contributed by atoms with Crippen LogP contribution in [0.3, 0.4) is 0 Å². The minimum absolute atomic E-state index is 0.659. The highest BCUT2D eigenvalue weighted by Crippen LogP contribution is 2.39. The standard InChI is InChI=1S/C22H29N3O2/c1-22(2,26)11-6-12-25-18-10-9-14(27-3)13-16(18)19-20(23)15-7-4-5-8-17(15)24-21(19)25/h9-10,13,26H,4-8,11-12H2,1-3H3,(H2,23,24). The van der Waals surface area contributed by atoms with E-state index in [0.29, 0.717) is 0 Å². The molecular weight excluding hydrogens is 338 g/mol. The van der Waals surface area contributed by atoms with Crippen LogP contribution >= 0.6 is 0 Å². The maximum atomic E-state index is 10.1. The minimum atomic E-state index is -0.659. The van der Waals surface area contributed by atoms with Gasteiger partial charge in [-0.25, -0.2) is 4.98 Å². The van der Waals surface area contributed by atoms with Crippen LogP contribution in [0.4, 0.5) is 5.69 Å². The zero-order chi connectivity index (χ0) is 19.2. The number of nitrogen functional groups attached to an aromatic ring is 1. The van der Waals surface area contributed by atoms with Crippen molar-refractivity contribution in [3.8, 4) is 5.75 Å². The molecule has 0 bridgehead atoms. The highest BCUT2D eigenvalue weighted by molar-refractivity contribution is 6.13. The normalized spacial score (nSPS) is 14.7. The number of aromatic nitrogens is 2. The Hall–Kier alpha value is -2.27. The molecule has 1 aromatic carbocycles. The second-order valence-electron chi connectivity index (χ2n) is 8.31. The molecule has 1 aliphatic carbocycles. The van der Waals surface area contributed by atoms with Crippen LogP contribution in [0.2, 0.25) is 0 Å². The zero-order valence-electron chi connectivity index (χ0n) is 16.5. The molecule has 144 valence electrons. The van der Waals surface area contributed by atoms with Gasteiger partial charge in [-0.15, -0.1) is 0 Å². The SMILES string of the molecule is COc1ccc2c(c1)c1c(N)c3c(nc1n2CCCC(C)(C)O)CCCC3. The molecule has 0 radical (unpaired) electrons. The summed E-state index contributed by atoms with van der Waals surface area (Å²) in [5.74, 6) is 0.829. The van der Waals surface area contributed by atoms with Crippen LogP contribution in [0.5, 0.6) is 5.75 Å². The van der Waals surface area contributed by atoms with E-state index in [1.807, 2.05) is 19.9 Å². The van der Waals surface area contributed by atoms with Crippen LogP contribution < -0.4 is 10.5 Å². The van der Waals surface area contributed by atoms with Crippen LogP contribution in [0, 0.1) is 0 Å². The molecule has 3 aromatic rings. The number of ether oxygens (including phenoxy) is 1. The number of methoxy groups -OCH3 is 1. The number of anilines is 1. The Morgan fingerprint density at radius 3 is 2.78 bits per heavy atom. The van der Waals surface area contributed by atoms with Crippen molar-refractivity contribution in [1.82, 2.24) is 9.55 Å². The summed E-state index contributed by atoms with van der Waals surface area (Å²) in [6, 6.07) is 6.15. The van der Waals surface area contributed by atoms with Crippen molar-refractivity contribution < 1.29 is 9.84 Å². The number of fused-ring (bicyclic) bond motifs is 4. The number of hydrogen-bond acceptors (Lipinski definition) is 4. The number of aliphatic hydroxyl groups is 1. The Kier molecular flexibility index (Phi) is 4.50. The van der Waals surface area contributed by atoms with E-state index in [4.69, 9.17) is 15.5 Å². The van der Waals surface area contributed by atoms with Gasteiger partial charge < -0.3 is 20.1 Å². The number of rotatable bonds is 5. The summed E-state index contributed by atoms with van der Waals surface area (Å²) >= 11 is 0. The summed E-state index contributed by atoms with van der Waals surface area (Å²) < 4.78 is 7.72. The summed E-state index contributed by atoms with van der Waals surface area (Å²) in [5.41, 5.74) is 11.4. The Bertz CT molecular complexity index is 999. The average molecular weight is 367 g/mol. The summed E-state index contributed by atoms with van der Waals surface area (Å²) in [7, 11) is 1.69. The third-order valence-electron chi connectivity index (χ3n) is 5.69. The van der Waals surface area contributed by atoms with Crippen molar-refractivity contribution in [3.63, 3.8) is 0 Å². The molecule has 0 unspecified atom stereocenters. The third kappa shape index (κ3) is 3.25. The van der Waals surface area contributed by atoms with E-state index in [2.05, 4.69) is 16.7 Å². The topological polar surface area (TPSA) is 73.3 Å². The monoisotopic (exact) mass is 367 g/mol. The molecule has 3 N–H and O–H groups in total. The lowest BCUT2D eigenvalue weighted by Gasteiger charge is -2.19. The van der Waals surface area contributed by atoms with Crippen molar-refractivity contribution in [2.24, 2.45) is 0 Å². The lowest BCUT2D eigenvalue weighted by molar-refractivity contribution is 0.0677. The summed E-state index contributed by atoms with van der Waals surface area (Å²) in [5, 5.41) is 12.2. The van der Waals surface area contributed by atoms with E-state index in [0.717, 1.165) is 71.3 Å². The van der Waals surface area contributed by atoms with Crippen LogP contribution in [-0.4, -0.2) is 27.4 Å². The first-order chi connectivity index (χ1) is 12.9. The van der Waals surface area contributed by atoms with Crippen molar-refractivity contribution in [2.75, 3.05) is 12.8 Å². The molecule has 0 amide bonds. The quantitative estimate of drug-likeness (QED) is 0.708. The number of pyridine rings is 1. The molecule has 2 aromatic heterocycles. The summed E-state index contributed by atoms with van der Waals surface area (Å²) in [4.78, 5) is 5.06. The van der Waals surface area contributed by atoms with Crippen LogP contribution in [-0.2, 0) is 19.4 Å². The average Bonchev–Trinajstić information content (AvgIpc) is 2.94. The van der Waals surface area contributed by atoms with Gasteiger partial charge in [0.25, 0.3) is 0 Å². The van der Waals surface area contributed by atoms with Gasteiger partial charge in [0.15, 0.2) is 0 Å². The Morgan fingerprint density at radius 2 is 2.04 bits per heavy atom. The van der Waals surface area contributed by atoms with Gasteiger partial charge in [0.1, 0.15) is 11.4 Å². The van der Waals surface area contributed by atoms with Crippen molar-refractivity contribution in [2.45, 2.75) is 64.5 Å². The molecule has 0 aliphatic heterocycles. The van der Waals surface area contributed by atoms with Crippen molar-refractivity contribution >= 4 is 27.6 Å². The molecule has 0 atom stereocenters. The lowest BCUT2D eigenvalue weighted by atomic mass is 9.93. The second-order valence-corrected chi connectivity index (χ2v) is 8.31. The second kappa shape index (κ2) is 6.71. The molecule has 0 spiro atoms. The van der Waals surface area contributed by atoms with Crippen molar-refractivity contribution in [1.29, 1.82) is 0 Å². The molecule has 4 rings (SSSR count). The van der Waals surface area contributed by atoms with Gasteiger partial charge in [-0.1, -0.05) is 0 Å². The highest BCUT2D eigenvalue weighted by atomic mass is 16.5. The summed E-state index contributed by atoms with van der Waals surface area (Å²) in [6.07, 6.45) is 6.00. The Labute approximate surface area is 160 Å². The predicted molar refractivity (Wildman–Crippen MR) is 110 cm³/mol. The van der Waals surface area contributed by atoms with E-state index >= 15 is 0 Å². The van der Waals surface area contributed by atoms with E-state index in [-0.39, 0.29) is 0 Å². The fourth-order valence-corrected chi connectivity index (χ4v) is 4.31. The maximum absolute atomic E-state index is 10.1. The number of aryl methyl sites for hydroxylation is 2. The fraction of sp³-hybridized carbons (Fsp3) is 0.500.